The molecule has 1 aromatic heterocycles. The molecular weight excluding hydrogens is 260 g/mol. The lowest BCUT2D eigenvalue weighted by atomic mass is 9.91. The molecule has 1 aliphatic heterocycles. The largest absolute Gasteiger partial charge is 0.367 e. The summed E-state index contributed by atoms with van der Waals surface area (Å²) >= 11 is 0. The molecule has 1 aromatic carbocycles. The molecule has 0 aliphatic carbocycles. The number of fused-ring (bicyclic) bond motifs is 3. The minimum atomic E-state index is -0.156. The summed E-state index contributed by atoms with van der Waals surface area (Å²) in [6.45, 7) is 10.5. The van der Waals surface area contributed by atoms with E-state index in [-0.39, 0.29) is 5.60 Å². The van der Waals surface area contributed by atoms with Crippen molar-refractivity contribution in [2.45, 2.75) is 45.8 Å². The summed E-state index contributed by atoms with van der Waals surface area (Å²) < 4.78 is 8.71. The first-order valence-corrected chi connectivity index (χ1v) is 8.10. The van der Waals surface area contributed by atoms with Gasteiger partial charge in [0, 0.05) is 17.4 Å². The summed E-state index contributed by atoms with van der Waals surface area (Å²) in [5.74, 6) is 0. The highest BCUT2D eigenvalue weighted by Crippen LogP contribution is 2.40. The summed E-state index contributed by atoms with van der Waals surface area (Å²) in [6.07, 6.45) is 2.21. The maximum Gasteiger partial charge on any atom is 0.106 e. The number of nitrogens with zero attached hydrogens (tertiary/aromatic N) is 1. The number of aryl methyl sites for hydroxylation is 1. The Kier molecular flexibility index (Phi) is 4.05. The van der Waals surface area contributed by atoms with E-state index in [1.165, 1.54) is 22.2 Å². The van der Waals surface area contributed by atoms with Crippen LogP contribution in [0.25, 0.3) is 10.9 Å². The van der Waals surface area contributed by atoms with E-state index < -0.39 is 0 Å². The summed E-state index contributed by atoms with van der Waals surface area (Å²) in [5.41, 5.74) is 3.96. The average molecular weight is 286 g/mol. The molecule has 3 rings (SSSR count). The van der Waals surface area contributed by atoms with Crippen molar-refractivity contribution < 1.29 is 4.74 Å². The molecule has 1 aliphatic rings. The maximum absolute atomic E-state index is 6.23. The Morgan fingerprint density at radius 1 is 1.33 bits per heavy atom. The standard InChI is InChI=1S/C18H26N2O/c1-4-19-11-7-10-18(3)17-14(2)15-8-5-6-9-16(15)20(17)12-13-21-18/h5-6,8-9,19H,4,7,10-13H2,1-3H3. The van der Waals surface area contributed by atoms with Crippen molar-refractivity contribution in [1.82, 2.24) is 9.88 Å². The molecule has 0 amide bonds. The molecule has 1 N–H and O–H groups in total. The monoisotopic (exact) mass is 286 g/mol. The normalized spacial score (nSPS) is 21.7. The topological polar surface area (TPSA) is 26.2 Å². The zero-order valence-corrected chi connectivity index (χ0v) is 13.4. The molecule has 21 heavy (non-hydrogen) atoms. The van der Waals surface area contributed by atoms with E-state index in [0.717, 1.165) is 39.1 Å². The molecule has 2 aromatic rings. The predicted octanol–water partition coefficient (Wildman–Crippen LogP) is 3.58. The average Bonchev–Trinajstić information content (AvgIpc) is 2.79. The Morgan fingerprint density at radius 3 is 2.95 bits per heavy atom. The van der Waals surface area contributed by atoms with Gasteiger partial charge in [0.25, 0.3) is 0 Å². The molecule has 3 heteroatoms. The second-order valence-electron chi connectivity index (χ2n) is 6.18. The van der Waals surface area contributed by atoms with Crippen molar-refractivity contribution in [3.8, 4) is 0 Å². The fourth-order valence-corrected chi connectivity index (χ4v) is 3.74. The van der Waals surface area contributed by atoms with E-state index in [1.807, 2.05) is 0 Å². The smallest absolute Gasteiger partial charge is 0.106 e. The molecule has 0 saturated heterocycles. The van der Waals surface area contributed by atoms with Crippen LogP contribution in [0, 0.1) is 6.92 Å². The molecular formula is C18H26N2O. The van der Waals surface area contributed by atoms with E-state index in [2.05, 4.69) is 54.9 Å². The van der Waals surface area contributed by atoms with Crippen LogP contribution in [0.3, 0.4) is 0 Å². The summed E-state index contributed by atoms with van der Waals surface area (Å²) in [4.78, 5) is 0. The van der Waals surface area contributed by atoms with Gasteiger partial charge in [-0.25, -0.2) is 0 Å². The number of benzene rings is 1. The molecule has 0 fully saturated rings. The van der Waals surface area contributed by atoms with Crippen LogP contribution >= 0.6 is 0 Å². The van der Waals surface area contributed by atoms with Crippen LogP contribution in [0.15, 0.2) is 24.3 Å². The summed E-state index contributed by atoms with van der Waals surface area (Å²) in [6, 6.07) is 8.73. The number of nitrogens with one attached hydrogen (secondary N) is 1. The number of hydrogen-bond donors (Lipinski definition) is 1. The second kappa shape index (κ2) is 5.82. The van der Waals surface area contributed by atoms with E-state index in [9.17, 15) is 0 Å². The van der Waals surface area contributed by atoms with Crippen molar-refractivity contribution in [1.29, 1.82) is 0 Å². The van der Waals surface area contributed by atoms with Gasteiger partial charge in [0.1, 0.15) is 5.60 Å². The van der Waals surface area contributed by atoms with Gasteiger partial charge in [-0.2, -0.15) is 0 Å². The number of ether oxygens (including phenoxy) is 1. The SMILES string of the molecule is CCNCCCC1(C)OCCn2c1c(C)c1ccccc12. The zero-order valence-electron chi connectivity index (χ0n) is 13.4. The number of hydrogen-bond acceptors (Lipinski definition) is 2. The first kappa shape index (κ1) is 14.6. The van der Waals surface area contributed by atoms with Crippen molar-refractivity contribution in [3.63, 3.8) is 0 Å². The Labute approximate surface area is 127 Å². The van der Waals surface area contributed by atoms with Crippen LogP contribution < -0.4 is 5.32 Å². The summed E-state index contributed by atoms with van der Waals surface area (Å²) in [5, 5.41) is 4.78. The molecule has 1 atom stereocenters. The molecule has 0 saturated carbocycles. The molecule has 2 heterocycles. The third-order valence-corrected chi connectivity index (χ3v) is 4.72. The van der Waals surface area contributed by atoms with Gasteiger partial charge in [-0.05, 0) is 51.4 Å². The molecule has 0 spiro atoms. The number of para-hydroxylation sites is 1. The van der Waals surface area contributed by atoms with Crippen LogP contribution in [0.4, 0.5) is 0 Å². The lowest BCUT2D eigenvalue weighted by Gasteiger charge is -2.36. The summed E-state index contributed by atoms with van der Waals surface area (Å²) in [7, 11) is 0. The van der Waals surface area contributed by atoms with Crippen LogP contribution in [-0.4, -0.2) is 24.3 Å². The van der Waals surface area contributed by atoms with E-state index in [0.29, 0.717) is 0 Å². The fraction of sp³-hybridized carbons (Fsp3) is 0.556. The Morgan fingerprint density at radius 2 is 2.14 bits per heavy atom. The predicted molar refractivity (Wildman–Crippen MR) is 87.8 cm³/mol. The van der Waals surface area contributed by atoms with E-state index in [4.69, 9.17) is 4.74 Å². The first-order chi connectivity index (χ1) is 10.2. The van der Waals surface area contributed by atoms with Gasteiger partial charge in [0.05, 0.1) is 12.3 Å². The Bertz CT molecular complexity index is 631. The highest BCUT2D eigenvalue weighted by molar-refractivity contribution is 5.85. The number of rotatable bonds is 5. The van der Waals surface area contributed by atoms with E-state index >= 15 is 0 Å². The van der Waals surface area contributed by atoms with Crippen molar-refractivity contribution >= 4 is 10.9 Å². The molecule has 1 unspecified atom stereocenters. The Balaban J connectivity index is 1.97. The minimum absolute atomic E-state index is 0.156. The highest BCUT2D eigenvalue weighted by atomic mass is 16.5. The third kappa shape index (κ3) is 2.49. The highest BCUT2D eigenvalue weighted by Gasteiger charge is 2.36. The van der Waals surface area contributed by atoms with Gasteiger partial charge in [-0.1, -0.05) is 25.1 Å². The number of aromatic nitrogens is 1. The maximum atomic E-state index is 6.23. The van der Waals surface area contributed by atoms with Crippen molar-refractivity contribution in [2.24, 2.45) is 0 Å². The van der Waals surface area contributed by atoms with Crippen LogP contribution in [0.5, 0.6) is 0 Å². The van der Waals surface area contributed by atoms with Gasteiger partial charge in [-0.15, -0.1) is 0 Å². The minimum Gasteiger partial charge on any atom is -0.367 e. The van der Waals surface area contributed by atoms with E-state index in [1.54, 1.807) is 0 Å². The molecule has 3 nitrogen and oxygen atoms in total. The van der Waals surface area contributed by atoms with Gasteiger partial charge >= 0.3 is 0 Å². The lowest BCUT2D eigenvalue weighted by molar-refractivity contribution is -0.0703. The van der Waals surface area contributed by atoms with Crippen molar-refractivity contribution in [2.75, 3.05) is 19.7 Å². The first-order valence-electron chi connectivity index (χ1n) is 8.10. The fourth-order valence-electron chi connectivity index (χ4n) is 3.74. The third-order valence-electron chi connectivity index (χ3n) is 4.72. The van der Waals surface area contributed by atoms with Gasteiger partial charge in [0.15, 0.2) is 0 Å². The van der Waals surface area contributed by atoms with Gasteiger partial charge < -0.3 is 14.6 Å². The van der Waals surface area contributed by atoms with Crippen LogP contribution in [0.2, 0.25) is 0 Å². The Hall–Kier alpha value is -1.32. The quantitative estimate of drug-likeness (QED) is 0.850. The van der Waals surface area contributed by atoms with Crippen LogP contribution in [0.1, 0.15) is 37.9 Å². The zero-order chi connectivity index (χ0) is 14.9. The van der Waals surface area contributed by atoms with Gasteiger partial charge in [-0.3, -0.25) is 0 Å². The molecule has 114 valence electrons. The molecule has 0 radical (unpaired) electrons. The van der Waals surface area contributed by atoms with Gasteiger partial charge in [0.2, 0.25) is 0 Å². The molecule has 0 bridgehead atoms. The lowest BCUT2D eigenvalue weighted by Crippen LogP contribution is -2.36. The van der Waals surface area contributed by atoms with Crippen LogP contribution in [-0.2, 0) is 16.9 Å². The second-order valence-corrected chi connectivity index (χ2v) is 6.18. The van der Waals surface area contributed by atoms with Crippen molar-refractivity contribution in [3.05, 3.63) is 35.5 Å².